The lowest BCUT2D eigenvalue weighted by atomic mass is 10.0. The number of hydrogen-bond acceptors (Lipinski definition) is 7. The number of nitrogens with one attached hydrogen (secondary N) is 2. The highest BCUT2D eigenvalue weighted by Crippen LogP contribution is 2.45. The van der Waals surface area contributed by atoms with Gasteiger partial charge in [-0.1, -0.05) is 13.0 Å². The van der Waals surface area contributed by atoms with Crippen LogP contribution >= 0.6 is 0 Å². The van der Waals surface area contributed by atoms with Gasteiger partial charge in [-0.3, -0.25) is 4.79 Å². The van der Waals surface area contributed by atoms with Gasteiger partial charge in [-0.15, -0.1) is 0 Å². The molecule has 2 aliphatic rings. The molecule has 4 aromatic rings. The molecule has 0 atom stereocenters. The zero-order valence-corrected chi connectivity index (χ0v) is 19.4. The molecule has 12 heteroatoms. The summed E-state index contributed by atoms with van der Waals surface area (Å²) in [6.07, 6.45) is 0.851. The highest BCUT2D eigenvalue weighted by atomic mass is 19.4. The quantitative estimate of drug-likeness (QED) is 0.437. The van der Waals surface area contributed by atoms with E-state index in [4.69, 9.17) is 0 Å². The highest BCUT2D eigenvalue weighted by molar-refractivity contribution is 5.77. The Bertz CT molecular complexity index is 1540. The van der Waals surface area contributed by atoms with Gasteiger partial charge in [0.15, 0.2) is 11.5 Å². The third-order valence-electron chi connectivity index (χ3n) is 6.75. The first-order chi connectivity index (χ1) is 17.2. The maximum absolute atomic E-state index is 13.5. The second-order valence-electron chi connectivity index (χ2n) is 9.56. The number of aromatic nitrogens is 6. The van der Waals surface area contributed by atoms with Crippen molar-refractivity contribution in [1.29, 1.82) is 0 Å². The zero-order chi connectivity index (χ0) is 25.1. The van der Waals surface area contributed by atoms with Crippen molar-refractivity contribution >= 4 is 22.7 Å². The third kappa shape index (κ3) is 4.11. The Morgan fingerprint density at radius 1 is 1.14 bits per heavy atom. The number of benzene rings is 1. The first-order valence-corrected chi connectivity index (χ1v) is 11.7. The third-order valence-corrected chi connectivity index (χ3v) is 6.75. The lowest BCUT2D eigenvalue weighted by Gasteiger charge is -2.18. The van der Waals surface area contributed by atoms with Gasteiger partial charge in [0.2, 0.25) is 5.95 Å². The molecular weight excluding hydrogens is 473 g/mol. The highest BCUT2D eigenvalue weighted by Gasteiger charge is 2.42. The summed E-state index contributed by atoms with van der Waals surface area (Å²) in [5, 5.41) is 6.41. The van der Waals surface area contributed by atoms with Crippen molar-refractivity contribution in [1.82, 2.24) is 34.6 Å². The lowest BCUT2D eigenvalue weighted by molar-refractivity contribution is -0.144. The first kappa shape index (κ1) is 22.7. The Hall–Kier alpha value is -3.80. The molecule has 0 saturated heterocycles. The number of nitrogens with zero attached hydrogens (tertiary/aromatic N) is 6. The minimum atomic E-state index is -4.63. The van der Waals surface area contributed by atoms with E-state index in [0.29, 0.717) is 10.5 Å². The van der Waals surface area contributed by atoms with Crippen LogP contribution in [0.15, 0.2) is 41.5 Å². The molecule has 1 aliphatic heterocycles. The van der Waals surface area contributed by atoms with Crippen molar-refractivity contribution in [3.63, 3.8) is 0 Å². The summed E-state index contributed by atoms with van der Waals surface area (Å²) in [4.78, 5) is 30.5. The summed E-state index contributed by atoms with van der Waals surface area (Å²) in [5.74, 6) is 0.837. The molecule has 0 amide bonds. The SMILES string of the molecule is CC1(c2nccc(-n3c4nc(Nc5ccc6c(c5)CNCC6)ncc4c(=O)n3CC(F)(F)F)n2)CC1. The molecule has 0 radical (unpaired) electrons. The molecule has 4 heterocycles. The van der Waals surface area contributed by atoms with E-state index in [9.17, 15) is 18.0 Å². The van der Waals surface area contributed by atoms with Crippen molar-refractivity contribution in [3.05, 3.63) is 64.0 Å². The molecule has 0 spiro atoms. The van der Waals surface area contributed by atoms with Crippen molar-refractivity contribution in [2.24, 2.45) is 0 Å². The minimum Gasteiger partial charge on any atom is -0.324 e. The summed E-state index contributed by atoms with van der Waals surface area (Å²) < 4.78 is 42.1. The number of rotatable bonds is 5. The van der Waals surface area contributed by atoms with E-state index in [-0.39, 0.29) is 28.2 Å². The van der Waals surface area contributed by atoms with Crippen LogP contribution in [-0.4, -0.2) is 42.0 Å². The summed E-state index contributed by atoms with van der Waals surface area (Å²) in [7, 11) is 0. The smallest absolute Gasteiger partial charge is 0.324 e. The number of anilines is 2. The molecule has 1 saturated carbocycles. The van der Waals surface area contributed by atoms with E-state index < -0.39 is 18.3 Å². The molecular formula is C24H23F3N8O. The number of halogens is 3. The molecule has 2 N–H and O–H groups in total. The number of hydrogen-bond donors (Lipinski definition) is 2. The summed E-state index contributed by atoms with van der Waals surface area (Å²) in [6.45, 7) is 2.19. The predicted molar refractivity (Wildman–Crippen MR) is 126 cm³/mol. The largest absolute Gasteiger partial charge is 0.408 e. The van der Waals surface area contributed by atoms with Crippen LogP contribution in [0.3, 0.4) is 0 Å². The normalized spacial score (nSPS) is 16.7. The Morgan fingerprint density at radius 2 is 1.97 bits per heavy atom. The van der Waals surface area contributed by atoms with Gasteiger partial charge >= 0.3 is 6.18 Å². The summed E-state index contributed by atoms with van der Waals surface area (Å²) in [6, 6.07) is 7.41. The monoisotopic (exact) mass is 496 g/mol. The maximum atomic E-state index is 13.5. The fourth-order valence-corrected chi connectivity index (χ4v) is 4.49. The molecule has 3 aromatic heterocycles. The molecule has 9 nitrogen and oxygen atoms in total. The van der Waals surface area contributed by atoms with Crippen LogP contribution in [0.4, 0.5) is 24.8 Å². The molecule has 1 aliphatic carbocycles. The van der Waals surface area contributed by atoms with Gasteiger partial charge in [0.1, 0.15) is 17.8 Å². The van der Waals surface area contributed by atoms with Crippen LogP contribution in [0.1, 0.15) is 36.7 Å². The summed E-state index contributed by atoms with van der Waals surface area (Å²) >= 11 is 0. The average Bonchev–Trinajstić information content (AvgIpc) is 3.55. The van der Waals surface area contributed by atoms with Crippen molar-refractivity contribution in [2.75, 3.05) is 11.9 Å². The van der Waals surface area contributed by atoms with Gasteiger partial charge in [0, 0.05) is 36.1 Å². The van der Waals surface area contributed by atoms with Crippen LogP contribution < -0.4 is 16.2 Å². The lowest BCUT2D eigenvalue weighted by Crippen LogP contribution is -2.30. The Labute approximate surface area is 203 Å². The van der Waals surface area contributed by atoms with Gasteiger partial charge in [-0.05, 0) is 49.1 Å². The van der Waals surface area contributed by atoms with Crippen molar-refractivity contribution in [2.45, 2.75) is 50.9 Å². The van der Waals surface area contributed by atoms with Gasteiger partial charge in [0.25, 0.3) is 5.56 Å². The van der Waals surface area contributed by atoms with Crippen LogP contribution in [0.25, 0.3) is 16.9 Å². The fourth-order valence-electron chi connectivity index (χ4n) is 4.49. The van der Waals surface area contributed by atoms with Gasteiger partial charge in [-0.2, -0.15) is 18.2 Å². The van der Waals surface area contributed by atoms with Crippen molar-refractivity contribution in [3.8, 4) is 5.82 Å². The van der Waals surface area contributed by atoms with E-state index in [1.807, 2.05) is 25.1 Å². The first-order valence-electron chi connectivity index (χ1n) is 11.7. The predicted octanol–water partition coefficient (Wildman–Crippen LogP) is 3.38. The van der Waals surface area contributed by atoms with Gasteiger partial charge in [0.05, 0.1) is 0 Å². The standard InChI is InChI=1S/C24H23F3N8O/c1-23(6-7-23)21-29-9-5-18(32-21)35-19-17(20(36)34(35)13-24(25,26)27)12-30-22(33-19)31-16-3-2-14-4-8-28-11-15(14)10-16/h2-3,5,9-10,12,28H,4,6-8,11,13H2,1H3,(H,30,31,33). The second kappa shape index (κ2) is 8.12. The van der Waals surface area contributed by atoms with Crippen LogP contribution in [0.5, 0.6) is 0 Å². The molecule has 186 valence electrons. The molecule has 0 bridgehead atoms. The van der Waals surface area contributed by atoms with Crippen LogP contribution in [0, 0.1) is 0 Å². The fraction of sp³-hybridized carbons (Fsp3) is 0.375. The zero-order valence-electron chi connectivity index (χ0n) is 19.4. The Kier molecular flexibility index (Phi) is 5.11. The average molecular weight is 496 g/mol. The maximum Gasteiger partial charge on any atom is 0.408 e. The van der Waals surface area contributed by atoms with E-state index in [1.54, 1.807) is 0 Å². The molecule has 6 rings (SSSR count). The van der Waals surface area contributed by atoms with Crippen molar-refractivity contribution < 1.29 is 13.2 Å². The molecule has 0 unspecified atom stereocenters. The molecule has 1 fully saturated rings. The van der Waals surface area contributed by atoms with Gasteiger partial charge in [-0.25, -0.2) is 24.3 Å². The van der Waals surface area contributed by atoms with E-state index >= 15 is 0 Å². The van der Waals surface area contributed by atoms with E-state index in [2.05, 4.69) is 30.6 Å². The molecule has 1 aromatic carbocycles. The number of alkyl halides is 3. The van der Waals surface area contributed by atoms with Crippen LogP contribution in [0.2, 0.25) is 0 Å². The number of fused-ring (bicyclic) bond motifs is 2. The Morgan fingerprint density at radius 3 is 2.75 bits per heavy atom. The van der Waals surface area contributed by atoms with E-state index in [0.717, 1.165) is 48.3 Å². The van der Waals surface area contributed by atoms with Gasteiger partial charge < -0.3 is 10.6 Å². The van der Waals surface area contributed by atoms with Crippen LogP contribution in [-0.2, 0) is 24.9 Å². The topological polar surface area (TPSA) is 103 Å². The summed E-state index contributed by atoms with van der Waals surface area (Å²) in [5.41, 5.74) is 2.14. The molecule has 36 heavy (non-hydrogen) atoms. The second-order valence-corrected chi connectivity index (χ2v) is 9.56. The van der Waals surface area contributed by atoms with E-state index in [1.165, 1.54) is 24.0 Å². The minimum absolute atomic E-state index is 0.0303. The Balaban J connectivity index is 1.47.